The van der Waals surface area contributed by atoms with Crippen LogP contribution >= 0.6 is 0 Å². The molecule has 2 fully saturated rings. The number of H-pyrrole nitrogens is 1. The number of hydrogen-bond acceptors (Lipinski definition) is 6. The number of nitrogens with zero attached hydrogens (tertiary/aromatic N) is 2. The minimum Gasteiger partial charge on any atom is -0.457 e. The highest BCUT2D eigenvalue weighted by atomic mass is 32.2. The minimum absolute atomic E-state index is 0.0510. The van der Waals surface area contributed by atoms with E-state index in [1.165, 1.54) is 12.1 Å². The van der Waals surface area contributed by atoms with Crippen LogP contribution in [0.25, 0.3) is 10.9 Å². The second-order valence-corrected chi connectivity index (χ2v) is 14.1. The molecule has 3 aromatic carbocycles. The highest BCUT2D eigenvalue weighted by Gasteiger charge is 2.52. The van der Waals surface area contributed by atoms with Crippen molar-refractivity contribution < 1.29 is 22.7 Å². The van der Waals surface area contributed by atoms with Crippen LogP contribution in [-0.4, -0.2) is 61.5 Å². The number of carbonyl (C=O) groups is 2. The molecular weight excluding hydrogens is 587 g/mol. The van der Waals surface area contributed by atoms with Gasteiger partial charge < -0.3 is 15.5 Å². The van der Waals surface area contributed by atoms with E-state index >= 15 is 0 Å². The van der Waals surface area contributed by atoms with E-state index in [2.05, 4.69) is 4.98 Å². The Morgan fingerprint density at radius 2 is 1.78 bits per heavy atom. The standard InChI is InChI=1S/C34H37BN4O5S/c1-21-10-11-26(17-29(21)35)44-32-13-12-27(14-22(32)2)45(42,43)39-31(16-25-19-37-30-9-4-3-8-28(25)30)33(40)38(34(39)41)20-24-7-5-6-23(15-24)18-36/h3-4,8-14,17,19,23-24,31,37H,5-7,15-16,18,20,36H2,1-2H3. The molecule has 1 saturated heterocycles. The fourth-order valence-corrected chi connectivity index (χ4v) is 8.20. The normalized spacial score (nSPS) is 20.7. The Hall–Kier alpha value is -4.09. The Bertz CT molecular complexity index is 1870. The molecule has 3 atom stereocenters. The molecule has 2 aliphatic rings. The lowest BCUT2D eigenvalue weighted by Gasteiger charge is -2.30. The van der Waals surface area contributed by atoms with Crippen LogP contribution in [0.5, 0.6) is 11.5 Å². The summed E-state index contributed by atoms with van der Waals surface area (Å²) >= 11 is 0. The molecule has 11 heteroatoms. The van der Waals surface area contributed by atoms with Crippen molar-refractivity contribution in [2.45, 2.75) is 56.9 Å². The van der Waals surface area contributed by atoms with E-state index in [0.717, 1.165) is 56.9 Å². The fourth-order valence-electron chi connectivity index (χ4n) is 6.60. The topological polar surface area (TPSA) is 126 Å². The zero-order valence-corrected chi connectivity index (χ0v) is 26.3. The highest BCUT2D eigenvalue weighted by molar-refractivity contribution is 7.89. The average Bonchev–Trinajstić information content (AvgIpc) is 3.54. The number of carbonyl (C=O) groups excluding carboxylic acids is 2. The lowest BCUT2D eigenvalue weighted by molar-refractivity contribution is -0.128. The van der Waals surface area contributed by atoms with E-state index in [9.17, 15) is 18.0 Å². The third-order valence-electron chi connectivity index (χ3n) is 9.19. The molecule has 9 nitrogen and oxygen atoms in total. The number of ether oxygens (including phenoxy) is 1. The highest BCUT2D eigenvalue weighted by Crippen LogP contribution is 2.35. The number of aromatic amines is 1. The van der Waals surface area contributed by atoms with Crippen molar-refractivity contribution in [1.82, 2.24) is 14.2 Å². The van der Waals surface area contributed by atoms with Crippen LogP contribution in [0.3, 0.4) is 0 Å². The van der Waals surface area contributed by atoms with Crippen LogP contribution < -0.4 is 15.9 Å². The quantitative estimate of drug-likeness (QED) is 0.206. The molecule has 4 aromatic rings. The van der Waals surface area contributed by atoms with Gasteiger partial charge in [0.05, 0.1) is 4.90 Å². The number of amides is 3. The van der Waals surface area contributed by atoms with Gasteiger partial charge in [-0.05, 0) is 99.0 Å². The Labute approximate surface area is 265 Å². The number of aryl methyl sites for hydroxylation is 2. The van der Waals surface area contributed by atoms with Gasteiger partial charge in [-0.15, -0.1) is 0 Å². The first-order chi connectivity index (χ1) is 21.6. The van der Waals surface area contributed by atoms with Gasteiger partial charge in [-0.25, -0.2) is 17.5 Å². The molecule has 232 valence electrons. The zero-order chi connectivity index (χ0) is 31.9. The molecule has 2 heterocycles. The predicted molar refractivity (Wildman–Crippen MR) is 174 cm³/mol. The SMILES string of the molecule is [B]c1cc(Oc2ccc(S(=O)(=O)N3C(=O)N(CC4CCCC(CN)C4)C(=O)C3Cc3c[nH]c4ccccc34)cc2C)ccc1C. The van der Waals surface area contributed by atoms with Gasteiger partial charge in [-0.3, -0.25) is 9.69 Å². The number of sulfonamides is 1. The first-order valence-electron chi connectivity index (χ1n) is 15.4. The summed E-state index contributed by atoms with van der Waals surface area (Å²) in [5, 5.41) is 0.876. The minimum atomic E-state index is -4.42. The van der Waals surface area contributed by atoms with Gasteiger partial charge in [0.25, 0.3) is 15.9 Å². The van der Waals surface area contributed by atoms with Gasteiger partial charge in [0.2, 0.25) is 0 Å². The third kappa shape index (κ3) is 5.98. The van der Waals surface area contributed by atoms with E-state index in [0.29, 0.717) is 35.0 Å². The van der Waals surface area contributed by atoms with Crippen LogP contribution in [0.2, 0.25) is 0 Å². The lowest BCUT2D eigenvalue weighted by Crippen LogP contribution is -2.42. The molecule has 3 amide bonds. The number of benzene rings is 3. The predicted octanol–water partition coefficient (Wildman–Crippen LogP) is 4.70. The molecule has 0 bridgehead atoms. The number of fused-ring (bicyclic) bond motifs is 1. The summed E-state index contributed by atoms with van der Waals surface area (Å²) in [6.45, 7) is 4.36. The molecule has 1 aromatic heterocycles. The molecular formula is C34H37BN4O5S. The van der Waals surface area contributed by atoms with Gasteiger partial charge in [0.1, 0.15) is 25.4 Å². The maximum Gasteiger partial charge on any atom is 0.341 e. The number of nitrogens with two attached hydrogens (primary N) is 1. The zero-order valence-electron chi connectivity index (χ0n) is 25.5. The number of nitrogens with one attached hydrogen (secondary N) is 1. The smallest absolute Gasteiger partial charge is 0.341 e. The van der Waals surface area contributed by atoms with E-state index in [1.807, 2.05) is 37.3 Å². The number of urea groups is 1. The summed E-state index contributed by atoms with van der Waals surface area (Å²) in [4.78, 5) is 32.2. The average molecular weight is 625 g/mol. The van der Waals surface area contributed by atoms with E-state index < -0.39 is 28.0 Å². The number of aromatic nitrogens is 1. The van der Waals surface area contributed by atoms with E-state index in [4.69, 9.17) is 18.3 Å². The summed E-state index contributed by atoms with van der Waals surface area (Å²) in [6.07, 6.45) is 5.48. The molecule has 1 aliphatic heterocycles. The monoisotopic (exact) mass is 624 g/mol. The van der Waals surface area contributed by atoms with Crippen LogP contribution in [0.4, 0.5) is 4.79 Å². The van der Waals surface area contributed by atoms with Crippen molar-refractivity contribution in [2.75, 3.05) is 13.1 Å². The largest absolute Gasteiger partial charge is 0.457 e. The molecule has 2 radical (unpaired) electrons. The Kier molecular flexibility index (Phi) is 8.50. The third-order valence-corrected chi connectivity index (χ3v) is 11.0. The maximum atomic E-state index is 14.3. The first-order valence-corrected chi connectivity index (χ1v) is 16.8. The molecule has 3 N–H and O–H groups in total. The van der Waals surface area contributed by atoms with Gasteiger partial charge in [0, 0.05) is 30.1 Å². The summed E-state index contributed by atoms with van der Waals surface area (Å²) in [6, 6.07) is 15.4. The molecule has 6 rings (SSSR count). The van der Waals surface area contributed by atoms with E-state index in [1.54, 1.807) is 31.3 Å². The summed E-state index contributed by atoms with van der Waals surface area (Å²) in [7, 11) is 1.60. The molecule has 3 unspecified atom stereocenters. The van der Waals surface area contributed by atoms with Crippen molar-refractivity contribution in [2.24, 2.45) is 17.6 Å². The number of rotatable bonds is 9. The molecule has 45 heavy (non-hydrogen) atoms. The first kappa shape index (κ1) is 30.9. The lowest BCUT2D eigenvalue weighted by atomic mass is 9.81. The van der Waals surface area contributed by atoms with Crippen molar-refractivity contribution in [3.63, 3.8) is 0 Å². The van der Waals surface area contributed by atoms with Crippen molar-refractivity contribution in [3.8, 4) is 11.5 Å². The van der Waals surface area contributed by atoms with Gasteiger partial charge in [0.15, 0.2) is 0 Å². The number of para-hydroxylation sites is 1. The molecule has 1 saturated carbocycles. The molecule has 0 spiro atoms. The van der Waals surface area contributed by atoms with Crippen molar-refractivity contribution in [1.29, 1.82) is 0 Å². The van der Waals surface area contributed by atoms with Crippen LogP contribution in [0, 0.1) is 25.7 Å². The Morgan fingerprint density at radius 3 is 2.53 bits per heavy atom. The van der Waals surface area contributed by atoms with Gasteiger partial charge >= 0.3 is 6.03 Å². The second kappa shape index (κ2) is 12.4. The number of imide groups is 1. The van der Waals surface area contributed by atoms with Crippen LogP contribution in [0.1, 0.15) is 42.4 Å². The van der Waals surface area contributed by atoms with Crippen LogP contribution in [-0.2, 0) is 21.2 Å². The number of hydrogen-bond donors (Lipinski definition) is 2. The van der Waals surface area contributed by atoms with Gasteiger partial charge in [-0.2, -0.15) is 0 Å². The molecule has 1 aliphatic carbocycles. The summed E-state index contributed by atoms with van der Waals surface area (Å²) in [5.74, 6) is 0.873. The Morgan fingerprint density at radius 1 is 1.00 bits per heavy atom. The summed E-state index contributed by atoms with van der Waals surface area (Å²) < 4.78 is 35.3. The summed E-state index contributed by atoms with van der Waals surface area (Å²) in [5.41, 5.74) is 9.62. The maximum absolute atomic E-state index is 14.3. The van der Waals surface area contributed by atoms with Crippen LogP contribution in [0.15, 0.2) is 71.8 Å². The van der Waals surface area contributed by atoms with Gasteiger partial charge in [-0.1, -0.05) is 41.7 Å². The second-order valence-electron chi connectivity index (χ2n) is 12.3. The van der Waals surface area contributed by atoms with Crippen molar-refractivity contribution in [3.05, 3.63) is 83.6 Å². The van der Waals surface area contributed by atoms with E-state index in [-0.39, 0.29) is 23.8 Å². The van der Waals surface area contributed by atoms with Crippen molar-refractivity contribution >= 4 is 46.2 Å². The fraction of sp³-hybridized carbons (Fsp3) is 0.353. The Balaban J connectivity index is 1.33.